The highest BCUT2D eigenvalue weighted by Gasteiger charge is 2.38. The highest BCUT2D eigenvalue weighted by atomic mass is 16.5. The molecule has 152 valence electrons. The fourth-order valence-electron chi connectivity index (χ4n) is 4.48. The van der Waals surface area contributed by atoms with Gasteiger partial charge in [0.15, 0.2) is 0 Å². The minimum Gasteiger partial charge on any atom is -0.482 e. The molecule has 2 heterocycles. The molecule has 0 N–H and O–H groups in total. The molecule has 2 aromatic carbocycles. The van der Waals surface area contributed by atoms with Crippen molar-refractivity contribution in [2.24, 2.45) is 0 Å². The zero-order chi connectivity index (χ0) is 20.4. The van der Waals surface area contributed by atoms with Gasteiger partial charge >= 0.3 is 0 Å². The van der Waals surface area contributed by atoms with Gasteiger partial charge in [0.2, 0.25) is 0 Å². The summed E-state index contributed by atoms with van der Waals surface area (Å²) in [5.41, 5.74) is 5.81. The van der Waals surface area contributed by atoms with Crippen LogP contribution in [0.1, 0.15) is 43.4 Å². The molecule has 1 spiro atoms. The van der Waals surface area contributed by atoms with Gasteiger partial charge < -0.3 is 14.5 Å². The van der Waals surface area contributed by atoms with E-state index >= 15 is 0 Å². The number of fused-ring (bicyclic) bond motifs is 1. The molecule has 3 nitrogen and oxygen atoms in total. The highest BCUT2D eigenvalue weighted by molar-refractivity contribution is 5.85. The average molecular weight is 389 g/mol. The Morgan fingerprint density at radius 1 is 1.03 bits per heavy atom. The first-order valence-corrected chi connectivity index (χ1v) is 10.8. The maximum Gasteiger partial charge on any atom is 0.130 e. The van der Waals surface area contributed by atoms with Crippen molar-refractivity contribution in [3.05, 3.63) is 77.9 Å². The average Bonchev–Trinajstić information content (AvgIpc) is 2.76. The molecule has 2 aliphatic heterocycles. The Balaban J connectivity index is 1.70. The Bertz CT molecular complexity index is 901. The van der Waals surface area contributed by atoms with Crippen LogP contribution in [0.5, 0.6) is 5.75 Å². The summed E-state index contributed by atoms with van der Waals surface area (Å²) < 4.78 is 6.56. The van der Waals surface area contributed by atoms with Crippen molar-refractivity contribution in [3.8, 4) is 5.75 Å². The molecule has 0 atom stereocenters. The molecule has 1 saturated heterocycles. The number of para-hydroxylation sites is 1. The van der Waals surface area contributed by atoms with Crippen molar-refractivity contribution in [3.63, 3.8) is 0 Å². The molecule has 1 fully saturated rings. The fourth-order valence-corrected chi connectivity index (χ4v) is 4.48. The van der Waals surface area contributed by atoms with Crippen molar-refractivity contribution >= 4 is 11.3 Å². The normalized spacial score (nSPS) is 18.0. The summed E-state index contributed by atoms with van der Waals surface area (Å²) in [5, 5.41) is 0. The van der Waals surface area contributed by atoms with Gasteiger partial charge in [-0.3, -0.25) is 0 Å². The van der Waals surface area contributed by atoms with Crippen LogP contribution in [0.2, 0.25) is 0 Å². The Labute approximate surface area is 175 Å². The predicted octanol–water partition coefficient (Wildman–Crippen LogP) is 5.29. The number of rotatable bonds is 5. The summed E-state index contributed by atoms with van der Waals surface area (Å²) in [5.74, 6) is 1.01. The van der Waals surface area contributed by atoms with E-state index in [2.05, 4.69) is 91.9 Å². The molecule has 0 unspecified atom stereocenters. The minimum absolute atomic E-state index is 0.195. The van der Waals surface area contributed by atoms with E-state index in [0.29, 0.717) is 0 Å². The Morgan fingerprint density at radius 2 is 1.69 bits per heavy atom. The number of nitrogens with zero attached hydrogens (tertiary/aromatic N) is 2. The number of hydrogen-bond donors (Lipinski definition) is 0. The molecule has 4 rings (SSSR count). The summed E-state index contributed by atoms with van der Waals surface area (Å²) in [6.45, 7) is 12.7. The number of piperidine rings is 1. The van der Waals surface area contributed by atoms with Gasteiger partial charge in [-0.25, -0.2) is 0 Å². The van der Waals surface area contributed by atoms with Gasteiger partial charge in [-0.1, -0.05) is 49.0 Å². The van der Waals surface area contributed by atoms with Crippen molar-refractivity contribution in [2.75, 3.05) is 33.2 Å². The van der Waals surface area contributed by atoms with E-state index < -0.39 is 0 Å². The van der Waals surface area contributed by atoms with E-state index in [0.717, 1.165) is 50.5 Å². The molecule has 2 aromatic rings. The molecule has 0 aromatic heterocycles. The van der Waals surface area contributed by atoms with Crippen LogP contribution in [0.4, 0.5) is 0 Å². The van der Waals surface area contributed by atoms with Crippen LogP contribution in [-0.4, -0.2) is 48.6 Å². The standard InChI is InChI=1S/C26H32N2O/c1-5-28(6-2)20(3)21-11-13-22(14-12-21)24-19-26(15-17-27(4)18-16-26)29-25-10-8-7-9-23(24)25/h7-14,19H,3,5-6,15-18H2,1-2,4H3. The highest BCUT2D eigenvalue weighted by Crippen LogP contribution is 2.43. The Morgan fingerprint density at radius 3 is 2.34 bits per heavy atom. The van der Waals surface area contributed by atoms with E-state index in [1.54, 1.807) is 0 Å². The van der Waals surface area contributed by atoms with E-state index in [1.807, 2.05) is 0 Å². The number of likely N-dealkylation sites (tertiary alicyclic amines) is 1. The summed E-state index contributed by atoms with van der Waals surface area (Å²) in [7, 11) is 2.19. The second-order valence-electron chi connectivity index (χ2n) is 8.22. The van der Waals surface area contributed by atoms with Crippen LogP contribution in [0.15, 0.2) is 61.2 Å². The summed E-state index contributed by atoms with van der Waals surface area (Å²) in [6.07, 6.45) is 4.44. The third kappa shape index (κ3) is 3.84. The van der Waals surface area contributed by atoms with Gasteiger partial charge in [0.25, 0.3) is 0 Å². The zero-order valence-corrected chi connectivity index (χ0v) is 17.9. The van der Waals surface area contributed by atoms with Crippen LogP contribution in [0.25, 0.3) is 11.3 Å². The number of hydrogen-bond acceptors (Lipinski definition) is 3. The largest absolute Gasteiger partial charge is 0.482 e. The van der Waals surface area contributed by atoms with Gasteiger partial charge in [-0.2, -0.15) is 0 Å². The zero-order valence-electron chi connectivity index (χ0n) is 17.9. The summed E-state index contributed by atoms with van der Waals surface area (Å²) in [4.78, 5) is 4.68. The van der Waals surface area contributed by atoms with Gasteiger partial charge in [-0.15, -0.1) is 0 Å². The third-order valence-electron chi connectivity index (χ3n) is 6.41. The topological polar surface area (TPSA) is 15.7 Å². The molecule has 0 aliphatic carbocycles. The lowest BCUT2D eigenvalue weighted by Gasteiger charge is -2.42. The van der Waals surface area contributed by atoms with Gasteiger partial charge in [0.1, 0.15) is 11.4 Å². The van der Waals surface area contributed by atoms with Crippen LogP contribution in [0, 0.1) is 0 Å². The van der Waals surface area contributed by atoms with Crippen molar-refractivity contribution in [1.29, 1.82) is 0 Å². The first-order valence-electron chi connectivity index (χ1n) is 10.8. The maximum absolute atomic E-state index is 6.56. The molecular weight excluding hydrogens is 356 g/mol. The van der Waals surface area contributed by atoms with Crippen LogP contribution in [0.3, 0.4) is 0 Å². The van der Waals surface area contributed by atoms with Crippen molar-refractivity contribution in [1.82, 2.24) is 9.80 Å². The maximum atomic E-state index is 6.56. The van der Waals surface area contributed by atoms with Crippen LogP contribution < -0.4 is 4.74 Å². The quantitative estimate of drug-likeness (QED) is 0.692. The van der Waals surface area contributed by atoms with Gasteiger partial charge in [0, 0.05) is 50.3 Å². The lowest BCUT2D eigenvalue weighted by Crippen LogP contribution is -2.46. The van der Waals surface area contributed by atoms with E-state index in [-0.39, 0.29) is 5.60 Å². The van der Waals surface area contributed by atoms with Crippen molar-refractivity contribution < 1.29 is 4.74 Å². The SMILES string of the molecule is C=C(c1ccc(C2=CC3(CCN(C)CC3)Oc3ccccc32)cc1)N(CC)CC. The van der Waals surface area contributed by atoms with Crippen LogP contribution in [-0.2, 0) is 0 Å². The summed E-state index contributed by atoms with van der Waals surface area (Å²) >= 11 is 0. The summed E-state index contributed by atoms with van der Waals surface area (Å²) in [6, 6.07) is 17.3. The molecule has 0 amide bonds. The second kappa shape index (κ2) is 8.08. The number of benzene rings is 2. The molecule has 29 heavy (non-hydrogen) atoms. The van der Waals surface area contributed by atoms with Crippen LogP contribution >= 0.6 is 0 Å². The fraction of sp³-hybridized carbons (Fsp3) is 0.385. The molecule has 0 saturated carbocycles. The first-order chi connectivity index (χ1) is 14.0. The smallest absolute Gasteiger partial charge is 0.130 e. The minimum atomic E-state index is -0.195. The second-order valence-corrected chi connectivity index (χ2v) is 8.22. The number of ether oxygens (including phenoxy) is 1. The molecule has 2 aliphatic rings. The van der Waals surface area contributed by atoms with Crippen molar-refractivity contribution in [2.45, 2.75) is 32.3 Å². The molecule has 3 heteroatoms. The Hall–Kier alpha value is -2.52. The monoisotopic (exact) mass is 388 g/mol. The Kier molecular flexibility index (Phi) is 5.51. The predicted molar refractivity (Wildman–Crippen MR) is 122 cm³/mol. The lowest BCUT2D eigenvalue weighted by molar-refractivity contribution is 0.0468. The third-order valence-corrected chi connectivity index (χ3v) is 6.41. The molecular formula is C26H32N2O. The molecule has 0 bridgehead atoms. The van der Waals surface area contributed by atoms with E-state index in [4.69, 9.17) is 4.74 Å². The van der Waals surface area contributed by atoms with Gasteiger partial charge in [0.05, 0.1) is 0 Å². The first kappa shape index (κ1) is 19.8. The van der Waals surface area contributed by atoms with E-state index in [9.17, 15) is 0 Å². The van der Waals surface area contributed by atoms with Gasteiger partial charge in [-0.05, 0) is 49.7 Å². The van der Waals surface area contributed by atoms with E-state index in [1.165, 1.54) is 22.3 Å². The molecule has 0 radical (unpaired) electrons. The lowest BCUT2D eigenvalue weighted by atomic mass is 9.83.